The van der Waals surface area contributed by atoms with Gasteiger partial charge in [0.2, 0.25) is 0 Å². The molecule has 0 heterocycles. The molecule has 1 N–H and O–H groups in total. The second kappa shape index (κ2) is 4.86. The minimum absolute atomic E-state index is 0.139. The molecule has 0 aliphatic carbocycles. The van der Waals surface area contributed by atoms with Gasteiger partial charge in [0.25, 0.3) is 0 Å². The van der Waals surface area contributed by atoms with Gasteiger partial charge in [-0.3, -0.25) is 0 Å². The number of para-hydroxylation sites is 1. The maximum Gasteiger partial charge on any atom is 0.138 e. The third-order valence-electron chi connectivity index (χ3n) is 2.60. The van der Waals surface area contributed by atoms with E-state index in [0.717, 1.165) is 0 Å². The first-order valence-corrected chi connectivity index (χ1v) is 5.41. The Hall–Kier alpha value is -0.730. The fourth-order valence-corrected chi connectivity index (χ4v) is 1.14. The van der Waals surface area contributed by atoms with Gasteiger partial charge in [-0.15, -0.1) is 0 Å². The van der Waals surface area contributed by atoms with Crippen LogP contribution >= 0.6 is 11.6 Å². The van der Waals surface area contributed by atoms with E-state index in [2.05, 4.69) is 0 Å². The Morgan fingerprint density at radius 3 is 2.53 bits per heavy atom. The van der Waals surface area contributed by atoms with E-state index in [0.29, 0.717) is 10.8 Å². The first-order valence-electron chi connectivity index (χ1n) is 5.03. The third-order valence-corrected chi connectivity index (χ3v) is 2.91. The van der Waals surface area contributed by atoms with E-state index in [9.17, 15) is 5.11 Å². The maximum atomic E-state index is 9.98. The molecule has 0 bridgehead atoms. The van der Waals surface area contributed by atoms with Crippen molar-refractivity contribution in [2.45, 2.75) is 26.4 Å². The summed E-state index contributed by atoms with van der Waals surface area (Å²) in [6, 6.07) is 7.25. The number of hydrogen-bond acceptors (Lipinski definition) is 2. The monoisotopic (exact) mass is 228 g/mol. The number of halogens is 1. The predicted octanol–water partition coefficient (Wildman–Crippen LogP) is 3.13. The lowest BCUT2D eigenvalue weighted by Gasteiger charge is -2.27. The molecule has 1 aromatic carbocycles. The summed E-state index contributed by atoms with van der Waals surface area (Å²) >= 11 is 5.93. The summed E-state index contributed by atoms with van der Waals surface area (Å²) in [4.78, 5) is 0. The molecule has 84 valence electrons. The zero-order chi connectivity index (χ0) is 11.5. The number of ether oxygens (including phenoxy) is 1. The second-order valence-electron chi connectivity index (χ2n) is 4.23. The van der Waals surface area contributed by atoms with Crippen molar-refractivity contribution in [2.24, 2.45) is 5.92 Å². The number of rotatable bonds is 4. The van der Waals surface area contributed by atoms with Gasteiger partial charge in [-0.1, -0.05) is 37.6 Å². The van der Waals surface area contributed by atoms with Gasteiger partial charge in [-0.05, 0) is 25.0 Å². The topological polar surface area (TPSA) is 29.5 Å². The number of hydrogen-bond donors (Lipinski definition) is 1. The summed E-state index contributed by atoms with van der Waals surface area (Å²) in [6.07, 6.45) is 0. The summed E-state index contributed by atoms with van der Waals surface area (Å²) in [5.74, 6) is 0.750. The molecule has 1 rings (SSSR count). The minimum atomic E-state index is -0.834. The normalized spacial score (nSPS) is 15.1. The van der Waals surface area contributed by atoms with Crippen LogP contribution in [0.5, 0.6) is 5.75 Å². The minimum Gasteiger partial charge on any atom is -0.489 e. The van der Waals surface area contributed by atoms with E-state index in [1.165, 1.54) is 0 Å². The summed E-state index contributed by atoms with van der Waals surface area (Å²) in [5, 5.41) is 10.5. The first kappa shape index (κ1) is 12.3. The fourth-order valence-electron chi connectivity index (χ4n) is 0.952. The van der Waals surface area contributed by atoms with Gasteiger partial charge in [-0.2, -0.15) is 0 Å². The Labute approximate surface area is 95.8 Å². The smallest absolute Gasteiger partial charge is 0.138 e. The largest absolute Gasteiger partial charge is 0.489 e. The standard InChI is InChI=1S/C12H17ClO2/c1-9(2)12(3,14)8-15-11-7-5-4-6-10(11)13/h4-7,9,14H,8H2,1-3H3. The molecule has 0 aliphatic heterocycles. The average Bonchev–Trinajstić information content (AvgIpc) is 2.16. The summed E-state index contributed by atoms with van der Waals surface area (Å²) in [6.45, 7) is 5.91. The van der Waals surface area contributed by atoms with Gasteiger partial charge in [0.15, 0.2) is 0 Å². The van der Waals surface area contributed by atoms with Crippen molar-refractivity contribution in [3.8, 4) is 5.75 Å². The maximum absolute atomic E-state index is 9.98. The third kappa shape index (κ3) is 3.40. The number of benzene rings is 1. The summed E-state index contributed by atoms with van der Waals surface area (Å²) < 4.78 is 5.48. The molecule has 0 aliphatic rings. The zero-order valence-electron chi connectivity index (χ0n) is 9.33. The van der Waals surface area contributed by atoms with Gasteiger partial charge in [-0.25, -0.2) is 0 Å². The predicted molar refractivity (Wildman–Crippen MR) is 62.4 cm³/mol. The SMILES string of the molecule is CC(C)C(C)(O)COc1ccccc1Cl. The van der Waals surface area contributed by atoms with E-state index < -0.39 is 5.60 Å². The molecular formula is C12H17ClO2. The van der Waals surface area contributed by atoms with Crippen LogP contribution in [0.2, 0.25) is 5.02 Å². The van der Waals surface area contributed by atoms with Gasteiger partial charge in [0.05, 0.1) is 10.6 Å². The molecule has 0 aromatic heterocycles. The average molecular weight is 229 g/mol. The van der Waals surface area contributed by atoms with Crippen LogP contribution in [-0.2, 0) is 0 Å². The first-order chi connectivity index (χ1) is 6.93. The van der Waals surface area contributed by atoms with Crippen LogP contribution in [0, 0.1) is 5.92 Å². The van der Waals surface area contributed by atoms with Crippen molar-refractivity contribution < 1.29 is 9.84 Å². The van der Waals surface area contributed by atoms with Crippen LogP contribution < -0.4 is 4.74 Å². The molecule has 0 amide bonds. The highest BCUT2D eigenvalue weighted by molar-refractivity contribution is 6.32. The molecule has 1 atom stereocenters. The van der Waals surface area contributed by atoms with Gasteiger partial charge in [0, 0.05) is 0 Å². The van der Waals surface area contributed by atoms with E-state index in [-0.39, 0.29) is 12.5 Å². The Bertz CT molecular complexity index is 321. The van der Waals surface area contributed by atoms with Crippen molar-refractivity contribution in [2.75, 3.05) is 6.61 Å². The molecule has 2 nitrogen and oxygen atoms in total. The van der Waals surface area contributed by atoms with Gasteiger partial charge in [0.1, 0.15) is 12.4 Å². The summed E-state index contributed by atoms with van der Waals surface area (Å²) in [7, 11) is 0. The molecule has 3 heteroatoms. The van der Waals surface area contributed by atoms with Crippen molar-refractivity contribution in [1.82, 2.24) is 0 Å². The quantitative estimate of drug-likeness (QED) is 0.858. The van der Waals surface area contributed by atoms with Gasteiger partial charge >= 0.3 is 0 Å². The van der Waals surface area contributed by atoms with Crippen molar-refractivity contribution in [1.29, 1.82) is 0 Å². The lowest BCUT2D eigenvalue weighted by Crippen LogP contribution is -2.37. The summed E-state index contributed by atoms with van der Waals surface area (Å²) in [5.41, 5.74) is -0.834. The number of aliphatic hydroxyl groups is 1. The highest BCUT2D eigenvalue weighted by atomic mass is 35.5. The lowest BCUT2D eigenvalue weighted by atomic mass is 9.94. The highest BCUT2D eigenvalue weighted by Crippen LogP contribution is 2.25. The zero-order valence-corrected chi connectivity index (χ0v) is 10.1. The Balaban J connectivity index is 2.62. The molecule has 0 spiro atoms. The van der Waals surface area contributed by atoms with E-state index in [1.54, 1.807) is 19.1 Å². The van der Waals surface area contributed by atoms with Crippen molar-refractivity contribution in [3.05, 3.63) is 29.3 Å². The fraction of sp³-hybridized carbons (Fsp3) is 0.500. The molecule has 15 heavy (non-hydrogen) atoms. The van der Waals surface area contributed by atoms with Crippen molar-refractivity contribution >= 4 is 11.6 Å². The van der Waals surface area contributed by atoms with E-state index in [1.807, 2.05) is 26.0 Å². The Kier molecular flexibility index (Phi) is 4.00. The molecule has 0 saturated carbocycles. The van der Waals surface area contributed by atoms with Crippen LogP contribution in [-0.4, -0.2) is 17.3 Å². The van der Waals surface area contributed by atoms with Crippen LogP contribution in [0.4, 0.5) is 0 Å². The molecular weight excluding hydrogens is 212 g/mol. The van der Waals surface area contributed by atoms with Gasteiger partial charge < -0.3 is 9.84 Å². The van der Waals surface area contributed by atoms with E-state index >= 15 is 0 Å². The second-order valence-corrected chi connectivity index (χ2v) is 4.64. The Morgan fingerprint density at radius 1 is 1.40 bits per heavy atom. The Morgan fingerprint density at radius 2 is 2.00 bits per heavy atom. The van der Waals surface area contributed by atoms with Crippen LogP contribution in [0.15, 0.2) is 24.3 Å². The van der Waals surface area contributed by atoms with Crippen LogP contribution in [0.25, 0.3) is 0 Å². The van der Waals surface area contributed by atoms with E-state index in [4.69, 9.17) is 16.3 Å². The lowest BCUT2D eigenvalue weighted by molar-refractivity contribution is -0.0266. The van der Waals surface area contributed by atoms with Crippen molar-refractivity contribution in [3.63, 3.8) is 0 Å². The van der Waals surface area contributed by atoms with Crippen LogP contribution in [0.1, 0.15) is 20.8 Å². The molecule has 1 aromatic rings. The molecule has 1 unspecified atom stereocenters. The molecule has 0 radical (unpaired) electrons. The molecule has 0 fully saturated rings. The molecule has 0 saturated heterocycles. The highest BCUT2D eigenvalue weighted by Gasteiger charge is 2.25. The van der Waals surface area contributed by atoms with Crippen LogP contribution in [0.3, 0.4) is 0 Å².